The number of hydrogen-bond donors (Lipinski definition) is 2. The highest BCUT2D eigenvalue weighted by atomic mass is 16.6. The van der Waals surface area contributed by atoms with Crippen molar-refractivity contribution >= 4 is 23.0 Å². The standard InChI is InChI=1S/C18H25N3O5/c1-12-14-6-5-13(16(22)23)11-15(14)21(20-12)8-10-25-9-7-19-17(24)26-18(2,3)4/h5-6,11H,7-10H2,1-4H3,(H,19,24)(H,22,23). The number of benzene rings is 1. The average molecular weight is 363 g/mol. The topological polar surface area (TPSA) is 103 Å². The zero-order valence-corrected chi connectivity index (χ0v) is 15.5. The minimum atomic E-state index is -0.971. The SMILES string of the molecule is Cc1nn(CCOCCNC(=O)OC(C)(C)C)c2cc(C(=O)O)ccc12. The van der Waals surface area contributed by atoms with Crippen LogP contribution in [-0.4, -0.2) is 52.3 Å². The van der Waals surface area contributed by atoms with E-state index in [2.05, 4.69) is 10.4 Å². The molecule has 1 amide bonds. The molecule has 1 heterocycles. The summed E-state index contributed by atoms with van der Waals surface area (Å²) in [5.41, 5.74) is 1.29. The van der Waals surface area contributed by atoms with Crippen LogP contribution in [0.25, 0.3) is 10.9 Å². The van der Waals surface area contributed by atoms with Crippen molar-refractivity contribution in [2.24, 2.45) is 0 Å². The lowest BCUT2D eigenvalue weighted by molar-refractivity contribution is 0.0496. The van der Waals surface area contributed by atoms with E-state index in [9.17, 15) is 9.59 Å². The number of aromatic nitrogens is 2. The molecule has 1 aromatic heterocycles. The number of nitrogens with zero attached hydrogens (tertiary/aromatic N) is 2. The first kappa shape index (κ1) is 19.7. The molecule has 142 valence electrons. The highest BCUT2D eigenvalue weighted by Crippen LogP contribution is 2.19. The second kappa shape index (κ2) is 8.18. The van der Waals surface area contributed by atoms with Gasteiger partial charge in [-0.25, -0.2) is 9.59 Å². The van der Waals surface area contributed by atoms with Gasteiger partial charge < -0.3 is 19.9 Å². The Kier molecular flexibility index (Phi) is 6.20. The maximum Gasteiger partial charge on any atom is 0.407 e. The number of aryl methyl sites for hydroxylation is 1. The summed E-state index contributed by atoms with van der Waals surface area (Å²) in [7, 11) is 0. The first-order valence-electron chi connectivity index (χ1n) is 8.42. The Balaban J connectivity index is 1.82. The lowest BCUT2D eigenvalue weighted by Crippen LogP contribution is -2.34. The van der Waals surface area contributed by atoms with Crippen LogP contribution in [0.3, 0.4) is 0 Å². The fraction of sp³-hybridized carbons (Fsp3) is 0.500. The number of ether oxygens (including phenoxy) is 2. The summed E-state index contributed by atoms with van der Waals surface area (Å²) in [6.45, 7) is 8.85. The van der Waals surface area contributed by atoms with E-state index in [-0.39, 0.29) is 5.56 Å². The number of fused-ring (bicyclic) bond motifs is 1. The van der Waals surface area contributed by atoms with Gasteiger partial charge in [-0.2, -0.15) is 5.10 Å². The number of rotatable bonds is 7. The molecule has 8 heteroatoms. The molecule has 0 aliphatic heterocycles. The smallest absolute Gasteiger partial charge is 0.407 e. The predicted molar refractivity (Wildman–Crippen MR) is 96.5 cm³/mol. The number of alkyl carbamates (subject to hydrolysis) is 1. The van der Waals surface area contributed by atoms with Crippen molar-refractivity contribution in [3.05, 3.63) is 29.5 Å². The fourth-order valence-corrected chi connectivity index (χ4v) is 2.44. The Morgan fingerprint density at radius 1 is 1.27 bits per heavy atom. The molecular formula is C18H25N3O5. The van der Waals surface area contributed by atoms with Crippen LogP contribution < -0.4 is 5.32 Å². The van der Waals surface area contributed by atoms with Crippen LogP contribution in [0.1, 0.15) is 36.8 Å². The van der Waals surface area contributed by atoms with Crippen molar-refractivity contribution in [2.45, 2.75) is 39.8 Å². The van der Waals surface area contributed by atoms with Gasteiger partial charge in [0.2, 0.25) is 0 Å². The third-order valence-corrected chi connectivity index (χ3v) is 3.55. The van der Waals surface area contributed by atoms with Crippen molar-refractivity contribution in [1.82, 2.24) is 15.1 Å². The molecule has 0 bridgehead atoms. The van der Waals surface area contributed by atoms with E-state index >= 15 is 0 Å². The van der Waals surface area contributed by atoms with Crippen LogP contribution in [0.4, 0.5) is 4.79 Å². The second-order valence-corrected chi connectivity index (χ2v) is 6.89. The van der Waals surface area contributed by atoms with Gasteiger partial charge in [0.1, 0.15) is 5.60 Å². The van der Waals surface area contributed by atoms with Gasteiger partial charge in [0.15, 0.2) is 0 Å². The molecule has 0 spiro atoms. The quantitative estimate of drug-likeness (QED) is 0.733. The lowest BCUT2D eigenvalue weighted by Gasteiger charge is -2.19. The number of carbonyl (C=O) groups excluding carboxylic acids is 1. The summed E-state index contributed by atoms with van der Waals surface area (Å²) < 4.78 is 12.4. The van der Waals surface area contributed by atoms with Crippen LogP contribution in [-0.2, 0) is 16.0 Å². The molecule has 0 aliphatic rings. The number of hydrogen-bond acceptors (Lipinski definition) is 5. The third kappa shape index (κ3) is 5.45. The van der Waals surface area contributed by atoms with E-state index in [1.54, 1.807) is 43.7 Å². The van der Waals surface area contributed by atoms with Crippen molar-refractivity contribution in [3.8, 4) is 0 Å². The molecule has 1 aromatic carbocycles. The lowest BCUT2D eigenvalue weighted by atomic mass is 10.1. The fourth-order valence-electron chi connectivity index (χ4n) is 2.44. The normalized spacial score (nSPS) is 11.5. The highest BCUT2D eigenvalue weighted by Gasteiger charge is 2.15. The Morgan fingerprint density at radius 2 is 2.00 bits per heavy atom. The van der Waals surface area contributed by atoms with Crippen molar-refractivity contribution in [2.75, 3.05) is 19.8 Å². The van der Waals surface area contributed by atoms with Crippen LogP contribution in [0.2, 0.25) is 0 Å². The van der Waals surface area contributed by atoms with Gasteiger partial charge in [-0.15, -0.1) is 0 Å². The van der Waals surface area contributed by atoms with Crippen molar-refractivity contribution < 1.29 is 24.2 Å². The summed E-state index contributed by atoms with van der Waals surface area (Å²) in [5, 5.41) is 17.1. The molecule has 0 saturated heterocycles. The first-order chi connectivity index (χ1) is 12.2. The number of nitrogens with one attached hydrogen (secondary N) is 1. The van der Waals surface area contributed by atoms with E-state index < -0.39 is 17.7 Å². The number of amides is 1. The van der Waals surface area contributed by atoms with E-state index in [4.69, 9.17) is 14.6 Å². The van der Waals surface area contributed by atoms with Gasteiger partial charge in [0, 0.05) is 11.9 Å². The maximum atomic E-state index is 11.5. The van der Waals surface area contributed by atoms with Gasteiger partial charge >= 0.3 is 12.1 Å². The molecule has 8 nitrogen and oxygen atoms in total. The largest absolute Gasteiger partial charge is 0.478 e. The minimum absolute atomic E-state index is 0.223. The molecule has 0 atom stereocenters. The predicted octanol–water partition coefficient (Wildman–Crippen LogP) is 2.58. The van der Waals surface area contributed by atoms with Gasteiger partial charge in [-0.05, 0) is 39.8 Å². The van der Waals surface area contributed by atoms with Gasteiger partial charge in [0.25, 0.3) is 0 Å². The number of carboxylic acid groups (broad SMARTS) is 1. The average Bonchev–Trinajstić information content (AvgIpc) is 2.85. The Hall–Kier alpha value is -2.61. The summed E-state index contributed by atoms with van der Waals surface area (Å²) in [6, 6.07) is 4.95. The first-order valence-corrected chi connectivity index (χ1v) is 8.42. The third-order valence-electron chi connectivity index (χ3n) is 3.55. The van der Waals surface area contributed by atoms with E-state index in [1.807, 2.05) is 6.92 Å². The Labute approximate surface area is 152 Å². The summed E-state index contributed by atoms with van der Waals surface area (Å²) in [5.74, 6) is -0.971. The van der Waals surface area contributed by atoms with E-state index in [1.165, 1.54) is 0 Å². The molecule has 0 saturated carbocycles. The van der Waals surface area contributed by atoms with Crippen LogP contribution >= 0.6 is 0 Å². The van der Waals surface area contributed by atoms with E-state index in [0.29, 0.717) is 26.3 Å². The zero-order chi connectivity index (χ0) is 19.3. The summed E-state index contributed by atoms with van der Waals surface area (Å²) >= 11 is 0. The minimum Gasteiger partial charge on any atom is -0.478 e. The number of carboxylic acids is 1. The number of aromatic carboxylic acids is 1. The molecule has 2 aromatic rings. The molecule has 26 heavy (non-hydrogen) atoms. The molecular weight excluding hydrogens is 338 g/mol. The van der Waals surface area contributed by atoms with Crippen LogP contribution in [0.15, 0.2) is 18.2 Å². The van der Waals surface area contributed by atoms with Gasteiger partial charge in [-0.1, -0.05) is 6.07 Å². The molecule has 2 rings (SSSR count). The number of carbonyl (C=O) groups is 2. The molecule has 0 unspecified atom stereocenters. The molecule has 0 radical (unpaired) electrons. The van der Waals surface area contributed by atoms with Crippen molar-refractivity contribution in [3.63, 3.8) is 0 Å². The monoisotopic (exact) mass is 363 g/mol. The Morgan fingerprint density at radius 3 is 2.65 bits per heavy atom. The van der Waals surface area contributed by atoms with Crippen LogP contribution in [0.5, 0.6) is 0 Å². The maximum absolute atomic E-state index is 11.5. The Bertz CT molecular complexity index is 792. The van der Waals surface area contributed by atoms with E-state index in [0.717, 1.165) is 16.6 Å². The zero-order valence-electron chi connectivity index (χ0n) is 15.5. The molecule has 2 N–H and O–H groups in total. The second-order valence-electron chi connectivity index (χ2n) is 6.89. The van der Waals surface area contributed by atoms with Crippen LogP contribution in [0, 0.1) is 6.92 Å². The van der Waals surface area contributed by atoms with Gasteiger partial charge in [0.05, 0.1) is 36.5 Å². The summed E-state index contributed by atoms with van der Waals surface area (Å²) in [6.07, 6.45) is -0.476. The van der Waals surface area contributed by atoms with Gasteiger partial charge in [-0.3, -0.25) is 4.68 Å². The molecule has 0 fully saturated rings. The summed E-state index contributed by atoms with van der Waals surface area (Å²) in [4.78, 5) is 22.6. The van der Waals surface area contributed by atoms with Crippen molar-refractivity contribution in [1.29, 1.82) is 0 Å². The highest BCUT2D eigenvalue weighted by molar-refractivity contribution is 5.93. The molecule has 0 aliphatic carbocycles.